The van der Waals surface area contributed by atoms with Gasteiger partial charge in [-0.25, -0.2) is 0 Å². The summed E-state index contributed by atoms with van der Waals surface area (Å²) in [5.74, 6) is 0.853. The number of rotatable bonds is 10. The third-order valence-corrected chi connectivity index (χ3v) is 6.76. The maximum absolute atomic E-state index is 12.2. The molecule has 2 aromatic rings. The average Bonchev–Trinajstić information content (AvgIpc) is 2.79. The van der Waals surface area contributed by atoms with Gasteiger partial charge in [0.2, 0.25) is 0 Å². The van der Waals surface area contributed by atoms with E-state index in [1.807, 2.05) is 24.3 Å². The van der Waals surface area contributed by atoms with E-state index in [1.165, 1.54) is 35.7 Å². The molecule has 31 heavy (non-hydrogen) atoms. The van der Waals surface area contributed by atoms with Crippen LogP contribution in [0, 0.1) is 0 Å². The summed E-state index contributed by atoms with van der Waals surface area (Å²) in [6, 6.07) is 16.4. The number of carbonyl (C=O) groups is 1. The lowest BCUT2D eigenvalue weighted by atomic mass is 10.1. The second-order valence-corrected chi connectivity index (χ2v) is 9.66. The largest absolute Gasteiger partial charge is 0.317 e. The Hall–Kier alpha value is -1.53. The van der Waals surface area contributed by atoms with Crippen LogP contribution in [0.25, 0.3) is 0 Å². The second kappa shape index (κ2) is 13.1. The molecule has 3 rings (SSSR count). The number of hydrogen-bond donors (Lipinski definition) is 1. The lowest BCUT2D eigenvalue weighted by molar-refractivity contribution is 0.127. The molecule has 0 atom stereocenters. The van der Waals surface area contributed by atoms with Crippen LogP contribution in [0.1, 0.15) is 37.3 Å². The average molecular weight is 460 g/mol. The lowest BCUT2D eigenvalue weighted by Gasteiger charge is -2.34. The first-order chi connectivity index (χ1) is 15.1. The van der Waals surface area contributed by atoms with Crippen LogP contribution in [0.3, 0.4) is 0 Å². The first-order valence-corrected chi connectivity index (χ1v) is 12.7. The van der Waals surface area contributed by atoms with Gasteiger partial charge < -0.3 is 10.2 Å². The SMILES string of the molecule is CCCCc1ccc(NC(=O)SCCCN2CCN(Cc3ccc(Cl)cc3)CC2)cc1. The van der Waals surface area contributed by atoms with Crippen molar-refractivity contribution in [3.05, 3.63) is 64.7 Å². The predicted molar refractivity (Wildman–Crippen MR) is 134 cm³/mol. The van der Waals surface area contributed by atoms with Gasteiger partial charge in [0.1, 0.15) is 0 Å². The van der Waals surface area contributed by atoms with Crippen molar-refractivity contribution in [3.8, 4) is 0 Å². The minimum Gasteiger partial charge on any atom is -0.317 e. The summed E-state index contributed by atoms with van der Waals surface area (Å²) >= 11 is 7.35. The second-order valence-electron chi connectivity index (χ2n) is 8.16. The van der Waals surface area contributed by atoms with Gasteiger partial charge in [-0.2, -0.15) is 0 Å². The number of hydrogen-bond acceptors (Lipinski definition) is 4. The fourth-order valence-corrected chi connectivity index (χ4v) is 4.54. The number of unbranched alkanes of at least 4 members (excludes halogenated alkanes) is 1. The molecular formula is C25H34ClN3OS. The number of benzene rings is 2. The van der Waals surface area contributed by atoms with Crippen molar-refractivity contribution in [1.29, 1.82) is 0 Å². The molecule has 0 unspecified atom stereocenters. The molecule has 1 amide bonds. The highest BCUT2D eigenvalue weighted by atomic mass is 35.5. The molecule has 0 saturated carbocycles. The molecule has 1 saturated heterocycles. The van der Waals surface area contributed by atoms with Gasteiger partial charge >= 0.3 is 0 Å². The molecule has 0 radical (unpaired) electrons. The van der Waals surface area contributed by atoms with E-state index in [9.17, 15) is 4.79 Å². The van der Waals surface area contributed by atoms with E-state index in [-0.39, 0.29) is 5.24 Å². The Kier molecular flexibility index (Phi) is 10.2. The van der Waals surface area contributed by atoms with Crippen molar-refractivity contribution in [1.82, 2.24) is 9.80 Å². The number of carbonyl (C=O) groups excluding carboxylic acids is 1. The van der Waals surface area contributed by atoms with Crippen molar-refractivity contribution in [3.63, 3.8) is 0 Å². The predicted octanol–water partition coefficient (Wildman–Crippen LogP) is 6.16. The van der Waals surface area contributed by atoms with Gasteiger partial charge in [-0.15, -0.1) is 0 Å². The third kappa shape index (κ3) is 8.85. The van der Waals surface area contributed by atoms with Gasteiger partial charge in [0.05, 0.1) is 0 Å². The lowest BCUT2D eigenvalue weighted by Crippen LogP contribution is -2.46. The van der Waals surface area contributed by atoms with E-state index in [0.29, 0.717) is 0 Å². The van der Waals surface area contributed by atoms with Gasteiger partial charge in [-0.05, 0) is 61.2 Å². The number of piperazine rings is 1. The molecule has 0 aromatic heterocycles. The molecular weight excluding hydrogens is 426 g/mol. The van der Waals surface area contributed by atoms with Crippen LogP contribution in [0.15, 0.2) is 48.5 Å². The number of nitrogens with zero attached hydrogens (tertiary/aromatic N) is 2. The number of aryl methyl sites for hydroxylation is 1. The Morgan fingerprint density at radius 1 is 0.935 bits per heavy atom. The van der Waals surface area contributed by atoms with Crippen LogP contribution in [-0.2, 0) is 13.0 Å². The minimum atomic E-state index is 0.0362. The fraction of sp³-hybridized carbons (Fsp3) is 0.480. The quantitative estimate of drug-likeness (QED) is 0.432. The highest BCUT2D eigenvalue weighted by molar-refractivity contribution is 8.13. The molecule has 2 aromatic carbocycles. The molecule has 168 valence electrons. The monoisotopic (exact) mass is 459 g/mol. The van der Waals surface area contributed by atoms with E-state index < -0.39 is 0 Å². The summed E-state index contributed by atoms with van der Waals surface area (Å²) in [5.41, 5.74) is 3.53. The number of nitrogens with one attached hydrogen (secondary N) is 1. The standard InChI is InChI=1S/C25H34ClN3OS/c1-2-3-5-21-8-12-24(13-9-21)27-25(30)31-19-4-14-28-15-17-29(18-16-28)20-22-6-10-23(26)11-7-22/h6-13H,2-5,14-20H2,1H3,(H,27,30). The summed E-state index contributed by atoms with van der Waals surface area (Å²) in [4.78, 5) is 17.2. The fourth-order valence-electron chi connectivity index (χ4n) is 3.76. The molecule has 1 heterocycles. The Bertz CT molecular complexity index is 789. The van der Waals surface area contributed by atoms with Crippen LogP contribution >= 0.6 is 23.4 Å². The first-order valence-electron chi connectivity index (χ1n) is 11.3. The summed E-state index contributed by atoms with van der Waals surface area (Å²) < 4.78 is 0. The molecule has 1 aliphatic heterocycles. The Morgan fingerprint density at radius 2 is 1.58 bits per heavy atom. The smallest absolute Gasteiger partial charge is 0.283 e. The maximum Gasteiger partial charge on any atom is 0.283 e. The van der Waals surface area contributed by atoms with Crippen molar-refractivity contribution in [2.45, 2.75) is 39.2 Å². The van der Waals surface area contributed by atoms with E-state index in [0.717, 1.165) is 68.6 Å². The Labute approximate surface area is 196 Å². The summed E-state index contributed by atoms with van der Waals surface area (Å²) in [5, 5.41) is 3.82. The molecule has 0 bridgehead atoms. The van der Waals surface area contributed by atoms with E-state index in [1.54, 1.807) is 0 Å². The number of halogens is 1. The molecule has 6 heteroatoms. The number of anilines is 1. The first kappa shape index (κ1) is 24.1. The van der Waals surface area contributed by atoms with Gasteiger partial charge in [0, 0.05) is 49.2 Å². The van der Waals surface area contributed by atoms with Crippen molar-refractivity contribution >= 4 is 34.3 Å². The van der Waals surface area contributed by atoms with Crippen molar-refractivity contribution < 1.29 is 4.79 Å². The Balaban J connectivity index is 1.26. The summed E-state index contributed by atoms with van der Waals surface area (Å²) in [7, 11) is 0. The molecule has 0 aliphatic carbocycles. The van der Waals surface area contributed by atoms with Gasteiger partial charge in [0.15, 0.2) is 0 Å². The highest BCUT2D eigenvalue weighted by Gasteiger charge is 2.16. The zero-order valence-corrected chi connectivity index (χ0v) is 20.1. The zero-order chi connectivity index (χ0) is 21.9. The molecule has 4 nitrogen and oxygen atoms in total. The van der Waals surface area contributed by atoms with Crippen molar-refractivity contribution in [2.75, 3.05) is 43.8 Å². The van der Waals surface area contributed by atoms with Crippen LogP contribution in [0.2, 0.25) is 5.02 Å². The van der Waals surface area contributed by atoms with Gasteiger partial charge in [0.25, 0.3) is 5.24 Å². The molecule has 1 N–H and O–H groups in total. The van der Waals surface area contributed by atoms with E-state index in [4.69, 9.17) is 11.6 Å². The van der Waals surface area contributed by atoms with Crippen LogP contribution in [-0.4, -0.2) is 53.5 Å². The molecule has 1 fully saturated rings. The van der Waals surface area contributed by atoms with Gasteiger partial charge in [-0.3, -0.25) is 9.69 Å². The highest BCUT2D eigenvalue weighted by Crippen LogP contribution is 2.16. The number of amides is 1. The van der Waals surface area contributed by atoms with Crippen LogP contribution < -0.4 is 5.32 Å². The maximum atomic E-state index is 12.2. The summed E-state index contributed by atoms with van der Waals surface area (Å²) in [6.45, 7) is 8.61. The topological polar surface area (TPSA) is 35.6 Å². The van der Waals surface area contributed by atoms with E-state index in [2.05, 4.69) is 46.3 Å². The third-order valence-electron chi connectivity index (χ3n) is 5.66. The summed E-state index contributed by atoms with van der Waals surface area (Å²) in [6.07, 6.45) is 4.55. The Morgan fingerprint density at radius 3 is 2.26 bits per heavy atom. The minimum absolute atomic E-state index is 0.0362. The van der Waals surface area contributed by atoms with Crippen molar-refractivity contribution in [2.24, 2.45) is 0 Å². The number of thioether (sulfide) groups is 1. The zero-order valence-electron chi connectivity index (χ0n) is 18.5. The van der Waals surface area contributed by atoms with Gasteiger partial charge in [-0.1, -0.05) is 61.0 Å². The van der Waals surface area contributed by atoms with Crippen LogP contribution in [0.5, 0.6) is 0 Å². The normalized spacial score (nSPS) is 15.2. The van der Waals surface area contributed by atoms with E-state index >= 15 is 0 Å². The van der Waals surface area contributed by atoms with Crippen LogP contribution in [0.4, 0.5) is 10.5 Å². The molecule has 0 spiro atoms. The molecule has 1 aliphatic rings.